The molecule has 1 aromatic heterocycles. The number of aryl methyl sites for hydroxylation is 1. The molecule has 0 saturated heterocycles. The van der Waals surface area contributed by atoms with E-state index in [-0.39, 0.29) is 35.9 Å². The first-order valence-electron chi connectivity index (χ1n) is 17.6. The standard InChI is InChI=1S/C39H49ClN6O6/c1-23(45(8)37(50)52-39(5,6)7)34(47)44-33(38(2,3)4)36(49)46-21-26-18-27(51-32-20-31(40)41-22-42-32)17-16-25(26)19-30(46)35(48)43-29-15-11-13-24-12-9-10-14-28(24)29/h9-10,12,14,16-18,20,22-23,29-30,33H,11,13,15,19,21H2,1-8H3,(H,43,48)(H,44,47)/t23-,29+,30-,33+/m0/s1. The van der Waals surface area contributed by atoms with E-state index in [9.17, 15) is 19.2 Å². The molecule has 0 bridgehead atoms. The van der Waals surface area contributed by atoms with Crippen molar-refractivity contribution in [2.45, 2.75) is 110 Å². The zero-order chi connectivity index (χ0) is 38.0. The molecular weight excluding hydrogens is 684 g/mol. The van der Waals surface area contributed by atoms with Gasteiger partial charge in [-0.2, -0.15) is 0 Å². The Hall–Kier alpha value is -4.71. The molecule has 0 unspecified atom stereocenters. The number of nitrogens with zero attached hydrogens (tertiary/aromatic N) is 4. The second-order valence-electron chi connectivity index (χ2n) is 15.6. The van der Waals surface area contributed by atoms with Gasteiger partial charge in [0.15, 0.2) is 0 Å². The molecule has 4 atom stereocenters. The Morgan fingerprint density at radius 2 is 1.71 bits per heavy atom. The number of hydrogen-bond acceptors (Lipinski definition) is 8. The van der Waals surface area contributed by atoms with Crippen molar-refractivity contribution < 1.29 is 28.7 Å². The van der Waals surface area contributed by atoms with E-state index in [1.165, 1.54) is 29.9 Å². The first-order chi connectivity index (χ1) is 24.4. The molecule has 4 amide bonds. The van der Waals surface area contributed by atoms with Crippen LogP contribution in [0.1, 0.15) is 89.6 Å². The Morgan fingerprint density at radius 3 is 2.40 bits per heavy atom. The molecule has 0 fully saturated rings. The molecule has 1 aliphatic carbocycles. The number of hydrogen-bond donors (Lipinski definition) is 2. The van der Waals surface area contributed by atoms with Crippen LogP contribution in [0.15, 0.2) is 54.9 Å². The Labute approximate surface area is 310 Å². The largest absolute Gasteiger partial charge is 0.444 e. The summed E-state index contributed by atoms with van der Waals surface area (Å²) in [5.74, 6) is -0.486. The number of amides is 4. The van der Waals surface area contributed by atoms with Crippen LogP contribution >= 0.6 is 11.6 Å². The number of benzene rings is 2. The van der Waals surface area contributed by atoms with Crippen LogP contribution in [0, 0.1) is 5.41 Å². The van der Waals surface area contributed by atoms with Crippen molar-refractivity contribution in [2.24, 2.45) is 5.41 Å². The summed E-state index contributed by atoms with van der Waals surface area (Å²) in [5, 5.41) is 6.41. The van der Waals surface area contributed by atoms with Crippen LogP contribution < -0.4 is 15.4 Å². The summed E-state index contributed by atoms with van der Waals surface area (Å²) in [6.07, 6.45) is 3.57. The highest BCUT2D eigenvalue weighted by atomic mass is 35.5. The third kappa shape index (κ3) is 9.20. The fraction of sp³-hybridized carbons (Fsp3) is 0.487. The zero-order valence-electron chi connectivity index (χ0n) is 31.2. The van der Waals surface area contributed by atoms with Gasteiger partial charge >= 0.3 is 6.09 Å². The van der Waals surface area contributed by atoms with Gasteiger partial charge in [0.1, 0.15) is 41.0 Å². The molecule has 0 spiro atoms. The fourth-order valence-electron chi connectivity index (χ4n) is 6.50. The number of fused-ring (bicyclic) bond motifs is 2. The SMILES string of the molecule is C[C@@H](C(=O)N[C@H](C(=O)N1Cc2cc(Oc3cc(Cl)ncn3)ccc2C[C@H]1C(=O)N[C@@H]1CCCc2ccccc21)C(C)(C)C)N(C)C(=O)OC(C)(C)C. The average Bonchev–Trinajstić information content (AvgIpc) is 3.07. The minimum absolute atomic E-state index is 0.0883. The summed E-state index contributed by atoms with van der Waals surface area (Å²) in [7, 11) is 1.48. The average molecular weight is 733 g/mol. The summed E-state index contributed by atoms with van der Waals surface area (Å²) in [4.78, 5) is 66.3. The van der Waals surface area contributed by atoms with Crippen LogP contribution in [0.5, 0.6) is 11.6 Å². The molecule has 1 aliphatic heterocycles. The van der Waals surface area contributed by atoms with Gasteiger partial charge in [0.05, 0.1) is 6.04 Å². The van der Waals surface area contributed by atoms with Crippen LogP contribution in [0.2, 0.25) is 5.15 Å². The summed E-state index contributed by atoms with van der Waals surface area (Å²) < 4.78 is 11.4. The number of aromatic nitrogens is 2. The van der Waals surface area contributed by atoms with E-state index in [1.807, 2.05) is 51.1 Å². The van der Waals surface area contributed by atoms with Crippen LogP contribution in [-0.2, 0) is 38.5 Å². The molecule has 13 heteroatoms. The summed E-state index contributed by atoms with van der Waals surface area (Å²) in [6.45, 7) is 12.4. The van der Waals surface area contributed by atoms with E-state index >= 15 is 0 Å². The lowest BCUT2D eigenvalue weighted by molar-refractivity contribution is -0.147. The van der Waals surface area contributed by atoms with Gasteiger partial charge in [0, 0.05) is 26.1 Å². The van der Waals surface area contributed by atoms with Gasteiger partial charge in [-0.1, -0.05) is 62.7 Å². The summed E-state index contributed by atoms with van der Waals surface area (Å²) >= 11 is 6.04. The molecule has 52 heavy (non-hydrogen) atoms. The predicted octanol–water partition coefficient (Wildman–Crippen LogP) is 6.16. The first-order valence-corrected chi connectivity index (χ1v) is 18.0. The molecule has 12 nitrogen and oxygen atoms in total. The molecule has 2 aromatic carbocycles. The number of nitrogens with one attached hydrogen (secondary N) is 2. The van der Waals surface area contributed by atoms with Crippen molar-refractivity contribution in [2.75, 3.05) is 7.05 Å². The monoisotopic (exact) mass is 732 g/mol. The van der Waals surface area contributed by atoms with E-state index < -0.39 is 47.0 Å². The Morgan fingerprint density at radius 1 is 0.981 bits per heavy atom. The molecule has 2 N–H and O–H groups in total. The number of likely N-dealkylation sites (N-methyl/N-ethyl adjacent to an activating group) is 1. The van der Waals surface area contributed by atoms with Crippen molar-refractivity contribution in [3.05, 3.63) is 82.3 Å². The van der Waals surface area contributed by atoms with Gasteiger partial charge in [-0.3, -0.25) is 19.3 Å². The number of halogens is 1. The molecule has 2 heterocycles. The van der Waals surface area contributed by atoms with Gasteiger partial charge in [-0.25, -0.2) is 14.8 Å². The van der Waals surface area contributed by atoms with Gasteiger partial charge in [-0.05, 0) is 86.8 Å². The first kappa shape index (κ1) is 38.5. The van der Waals surface area contributed by atoms with Gasteiger partial charge < -0.3 is 25.0 Å². The maximum Gasteiger partial charge on any atom is 0.410 e. The second-order valence-corrected chi connectivity index (χ2v) is 16.0. The molecular formula is C39H49ClN6O6. The van der Waals surface area contributed by atoms with E-state index in [4.69, 9.17) is 21.1 Å². The highest BCUT2D eigenvalue weighted by Gasteiger charge is 2.43. The number of carbonyl (C=O) groups is 4. The maximum absolute atomic E-state index is 14.8. The Bertz CT molecular complexity index is 1820. The molecule has 0 radical (unpaired) electrons. The molecule has 5 rings (SSSR count). The van der Waals surface area contributed by atoms with Crippen LogP contribution in [0.3, 0.4) is 0 Å². The molecule has 278 valence electrons. The van der Waals surface area contributed by atoms with E-state index in [0.29, 0.717) is 5.75 Å². The maximum atomic E-state index is 14.8. The third-order valence-corrected chi connectivity index (χ3v) is 9.66. The van der Waals surface area contributed by atoms with Crippen molar-refractivity contribution in [3.63, 3.8) is 0 Å². The molecule has 0 saturated carbocycles. The normalized spacial score (nSPS) is 18.2. The van der Waals surface area contributed by atoms with Gasteiger partial charge in [0.25, 0.3) is 0 Å². The lowest BCUT2D eigenvalue weighted by Crippen LogP contribution is -2.62. The lowest BCUT2D eigenvalue weighted by atomic mass is 9.83. The van der Waals surface area contributed by atoms with E-state index in [1.54, 1.807) is 38.7 Å². The quantitative estimate of drug-likeness (QED) is 0.263. The minimum Gasteiger partial charge on any atom is -0.444 e. The van der Waals surface area contributed by atoms with Gasteiger partial charge in [-0.15, -0.1) is 0 Å². The van der Waals surface area contributed by atoms with E-state index in [2.05, 4.69) is 26.7 Å². The molecule has 3 aromatic rings. The highest BCUT2D eigenvalue weighted by Crippen LogP contribution is 2.34. The predicted molar refractivity (Wildman–Crippen MR) is 197 cm³/mol. The Balaban J connectivity index is 1.44. The fourth-order valence-corrected chi connectivity index (χ4v) is 6.64. The van der Waals surface area contributed by atoms with Crippen LogP contribution in [0.25, 0.3) is 0 Å². The van der Waals surface area contributed by atoms with Crippen molar-refractivity contribution in [1.82, 2.24) is 30.4 Å². The highest BCUT2D eigenvalue weighted by molar-refractivity contribution is 6.29. The summed E-state index contributed by atoms with van der Waals surface area (Å²) in [5.41, 5.74) is 2.46. The number of carbonyl (C=O) groups excluding carboxylic acids is 4. The summed E-state index contributed by atoms with van der Waals surface area (Å²) in [6, 6.07) is 12.1. The van der Waals surface area contributed by atoms with Crippen molar-refractivity contribution in [3.8, 4) is 11.6 Å². The smallest absolute Gasteiger partial charge is 0.410 e. The molecule has 2 aliphatic rings. The third-order valence-electron chi connectivity index (χ3n) is 9.45. The Kier molecular flexibility index (Phi) is 11.5. The topological polar surface area (TPSA) is 143 Å². The zero-order valence-corrected chi connectivity index (χ0v) is 31.9. The van der Waals surface area contributed by atoms with Crippen LogP contribution in [-0.4, -0.2) is 74.4 Å². The van der Waals surface area contributed by atoms with Crippen molar-refractivity contribution >= 4 is 35.4 Å². The lowest BCUT2D eigenvalue weighted by Gasteiger charge is -2.42. The number of rotatable bonds is 8. The van der Waals surface area contributed by atoms with Crippen molar-refractivity contribution in [1.29, 1.82) is 0 Å². The minimum atomic E-state index is -1.04. The second kappa shape index (κ2) is 15.5. The van der Waals surface area contributed by atoms with Crippen LogP contribution in [0.4, 0.5) is 4.79 Å². The van der Waals surface area contributed by atoms with Gasteiger partial charge in [0.2, 0.25) is 23.6 Å². The van der Waals surface area contributed by atoms with E-state index in [0.717, 1.165) is 36.0 Å². The number of ether oxygens (including phenoxy) is 2.